The Morgan fingerprint density at radius 3 is 2.50 bits per heavy atom. The number of unbranched alkanes of at least 4 members (excludes halogenated alkanes) is 1. The van der Waals surface area contributed by atoms with Crippen LogP contribution < -0.4 is 21.5 Å². The minimum Gasteiger partial charge on any atom is -0.478 e. The lowest BCUT2D eigenvalue weighted by molar-refractivity contribution is -0.138. The Hall–Kier alpha value is -2.78. The maximum Gasteiger partial charge on any atom is 0.339 e. The Morgan fingerprint density at radius 2 is 1.85 bits per heavy atom. The number of hydrogen-bond donors (Lipinski definition) is 4. The first-order valence-electron chi connectivity index (χ1n) is 8.13. The number of aromatic carboxylic acids is 1. The number of esters is 1. The molecular formula is C17H23N3O6. The van der Waals surface area contributed by atoms with Crippen LogP contribution in [0.3, 0.4) is 0 Å². The number of rotatable bonds is 11. The smallest absolute Gasteiger partial charge is 0.339 e. The van der Waals surface area contributed by atoms with Crippen molar-refractivity contribution in [2.24, 2.45) is 11.5 Å². The number of carbonyl (C=O) groups excluding carboxylic acids is 3. The maximum absolute atomic E-state index is 11.8. The number of para-hydroxylation sites is 1. The molecular weight excluding hydrogens is 342 g/mol. The van der Waals surface area contributed by atoms with E-state index in [2.05, 4.69) is 5.32 Å². The number of amides is 1. The quantitative estimate of drug-likeness (QED) is 0.182. The molecule has 0 bridgehead atoms. The molecule has 0 radical (unpaired) electrons. The Morgan fingerprint density at radius 1 is 1.15 bits per heavy atom. The van der Waals surface area contributed by atoms with Crippen LogP contribution in [0.2, 0.25) is 0 Å². The fraction of sp³-hybridized carbons (Fsp3) is 0.412. The van der Waals surface area contributed by atoms with Gasteiger partial charge in [0.1, 0.15) is 17.7 Å². The third-order valence-electron chi connectivity index (χ3n) is 3.45. The highest BCUT2D eigenvalue weighted by molar-refractivity contribution is 5.99. The monoisotopic (exact) mass is 365 g/mol. The minimum atomic E-state index is -1.25. The first-order valence-corrected chi connectivity index (χ1v) is 8.13. The van der Waals surface area contributed by atoms with Gasteiger partial charge in [0, 0.05) is 0 Å². The number of ketones is 1. The van der Waals surface area contributed by atoms with Gasteiger partial charge in [-0.25, -0.2) is 4.79 Å². The lowest BCUT2D eigenvalue weighted by Crippen LogP contribution is -2.42. The number of carboxylic acid groups (broad SMARTS) is 1. The molecule has 1 amide bonds. The molecule has 0 fully saturated rings. The largest absolute Gasteiger partial charge is 0.478 e. The second kappa shape index (κ2) is 11.0. The van der Waals surface area contributed by atoms with Gasteiger partial charge in [-0.2, -0.15) is 0 Å². The molecule has 9 heteroatoms. The molecule has 0 unspecified atom stereocenters. The first-order chi connectivity index (χ1) is 12.3. The van der Waals surface area contributed by atoms with E-state index in [-0.39, 0.29) is 17.9 Å². The average molecular weight is 365 g/mol. The van der Waals surface area contributed by atoms with Gasteiger partial charge in [-0.3, -0.25) is 14.4 Å². The van der Waals surface area contributed by atoms with Gasteiger partial charge in [-0.1, -0.05) is 18.6 Å². The summed E-state index contributed by atoms with van der Waals surface area (Å²) in [5, 5.41) is 11.4. The number of carbonyl (C=O) groups is 4. The van der Waals surface area contributed by atoms with Crippen LogP contribution in [0.25, 0.3) is 0 Å². The minimum absolute atomic E-state index is 0.149. The summed E-state index contributed by atoms with van der Waals surface area (Å²) in [5.74, 6) is -3.38. The summed E-state index contributed by atoms with van der Waals surface area (Å²) in [7, 11) is 0. The van der Waals surface area contributed by atoms with E-state index in [1.54, 1.807) is 0 Å². The van der Waals surface area contributed by atoms with E-state index in [9.17, 15) is 19.2 Å². The van der Waals surface area contributed by atoms with Crippen molar-refractivity contribution < 1.29 is 29.0 Å². The molecule has 1 atom stereocenters. The molecule has 0 saturated heterocycles. The number of ether oxygens (including phenoxy) is 1. The molecule has 1 aromatic carbocycles. The van der Waals surface area contributed by atoms with Gasteiger partial charge >= 0.3 is 11.9 Å². The van der Waals surface area contributed by atoms with Crippen molar-refractivity contribution in [1.82, 2.24) is 5.32 Å². The van der Waals surface area contributed by atoms with Gasteiger partial charge in [0.15, 0.2) is 5.78 Å². The van der Waals surface area contributed by atoms with E-state index < -0.39 is 36.1 Å². The molecule has 0 aliphatic rings. The van der Waals surface area contributed by atoms with Gasteiger partial charge in [0.2, 0.25) is 5.91 Å². The fourth-order valence-electron chi connectivity index (χ4n) is 2.07. The number of Topliss-reactive ketones (excluding diaryl/α,β-unsaturated/α-hetero) is 1. The van der Waals surface area contributed by atoms with E-state index in [1.807, 2.05) is 0 Å². The van der Waals surface area contributed by atoms with Crippen molar-refractivity contribution in [1.29, 1.82) is 0 Å². The highest BCUT2D eigenvalue weighted by Crippen LogP contribution is 2.18. The zero-order valence-corrected chi connectivity index (χ0v) is 14.3. The number of benzene rings is 1. The van der Waals surface area contributed by atoms with E-state index in [0.717, 1.165) is 6.42 Å². The summed E-state index contributed by atoms with van der Waals surface area (Å²) in [6.07, 6.45) is 1.31. The fourth-order valence-corrected chi connectivity index (χ4v) is 2.07. The third-order valence-corrected chi connectivity index (χ3v) is 3.45. The first kappa shape index (κ1) is 21.3. The highest BCUT2D eigenvalue weighted by Gasteiger charge is 2.18. The second-order valence-corrected chi connectivity index (χ2v) is 5.60. The van der Waals surface area contributed by atoms with Crippen LogP contribution >= 0.6 is 0 Å². The van der Waals surface area contributed by atoms with Crippen LogP contribution in [0.1, 0.15) is 36.0 Å². The summed E-state index contributed by atoms with van der Waals surface area (Å²) in [5.41, 5.74) is 10.8. The SMILES string of the molecule is NCCCC[C@H](N)C(=O)NCC(=O)CC(=O)Oc1ccccc1C(=O)O. The topological polar surface area (TPSA) is 162 Å². The Balaban J connectivity index is 2.42. The molecule has 0 aromatic heterocycles. The predicted octanol–water partition coefficient (Wildman–Crippen LogP) is -0.178. The van der Waals surface area contributed by atoms with Gasteiger partial charge in [-0.15, -0.1) is 0 Å². The summed E-state index contributed by atoms with van der Waals surface area (Å²) in [6, 6.07) is 4.83. The Bertz CT molecular complexity index is 662. The second-order valence-electron chi connectivity index (χ2n) is 5.60. The van der Waals surface area contributed by atoms with Gasteiger partial charge in [0.05, 0.1) is 12.6 Å². The molecule has 142 valence electrons. The standard InChI is InChI=1S/C17H23N3O6/c18-8-4-3-6-13(19)16(23)20-10-11(21)9-15(22)26-14-7-2-1-5-12(14)17(24)25/h1-2,5,7,13H,3-4,6,8-10,18-19H2,(H,20,23)(H,24,25)/t13-/m0/s1. The van der Waals surface area contributed by atoms with Crippen molar-refractivity contribution in [3.8, 4) is 5.75 Å². The van der Waals surface area contributed by atoms with Gasteiger partial charge < -0.3 is 26.6 Å². The highest BCUT2D eigenvalue weighted by atomic mass is 16.5. The molecule has 0 heterocycles. The molecule has 1 rings (SSSR count). The summed E-state index contributed by atoms with van der Waals surface area (Å²) >= 11 is 0. The van der Waals surface area contributed by atoms with Crippen molar-refractivity contribution in [2.45, 2.75) is 31.7 Å². The third kappa shape index (κ3) is 7.41. The van der Waals surface area contributed by atoms with Crippen molar-refractivity contribution in [3.05, 3.63) is 29.8 Å². The van der Waals surface area contributed by atoms with E-state index in [0.29, 0.717) is 19.4 Å². The zero-order valence-electron chi connectivity index (χ0n) is 14.3. The molecule has 26 heavy (non-hydrogen) atoms. The summed E-state index contributed by atoms with van der Waals surface area (Å²) < 4.78 is 4.91. The number of nitrogens with one attached hydrogen (secondary N) is 1. The average Bonchev–Trinajstić information content (AvgIpc) is 2.59. The molecule has 0 saturated carbocycles. The Kier molecular flexibility index (Phi) is 8.96. The molecule has 0 aliphatic carbocycles. The number of hydrogen-bond acceptors (Lipinski definition) is 7. The number of nitrogens with two attached hydrogens (primary N) is 2. The van der Waals surface area contributed by atoms with Crippen LogP contribution in [0.15, 0.2) is 24.3 Å². The van der Waals surface area contributed by atoms with Crippen LogP contribution in [-0.2, 0) is 14.4 Å². The van der Waals surface area contributed by atoms with Gasteiger partial charge in [0.25, 0.3) is 0 Å². The molecule has 0 aliphatic heterocycles. The summed E-state index contributed by atoms with van der Waals surface area (Å²) in [6.45, 7) is 0.152. The Labute approximate surface area is 150 Å². The predicted molar refractivity (Wildman–Crippen MR) is 92.6 cm³/mol. The van der Waals surface area contributed by atoms with Crippen LogP contribution in [0.4, 0.5) is 0 Å². The van der Waals surface area contributed by atoms with Gasteiger partial charge in [-0.05, 0) is 31.5 Å². The normalized spacial score (nSPS) is 11.5. The lowest BCUT2D eigenvalue weighted by atomic mass is 10.1. The number of carboxylic acids is 1. The van der Waals surface area contributed by atoms with Crippen LogP contribution in [-0.4, -0.2) is 47.9 Å². The molecule has 0 spiro atoms. The van der Waals surface area contributed by atoms with E-state index in [4.69, 9.17) is 21.3 Å². The summed E-state index contributed by atoms with van der Waals surface area (Å²) in [4.78, 5) is 46.3. The van der Waals surface area contributed by atoms with Crippen molar-refractivity contribution >= 4 is 23.6 Å². The van der Waals surface area contributed by atoms with Crippen LogP contribution in [0.5, 0.6) is 5.75 Å². The lowest BCUT2D eigenvalue weighted by Gasteiger charge is -2.11. The van der Waals surface area contributed by atoms with Crippen molar-refractivity contribution in [3.63, 3.8) is 0 Å². The van der Waals surface area contributed by atoms with Crippen LogP contribution in [0, 0.1) is 0 Å². The van der Waals surface area contributed by atoms with Crippen molar-refractivity contribution in [2.75, 3.05) is 13.1 Å². The maximum atomic E-state index is 11.8. The van der Waals surface area contributed by atoms with E-state index >= 15 is 0 Å². The molecule has 1 aromatic rings. The van der Waals surface area contributed by atoms with E-state index in [1.165, 1.54) is 24.3 Å². The molecule has 9 nitrogen and oxygen atoms in total. The molecule has 6 N–H and O–H groups in total. The zero-order chi connectivity index (χ0) is 19.5.